The molecule has 102 valence electrons. The van der Waals surface area contributed by atoms with Gasteiger partial charge in [0.2, 0.25) is 0 Å². The Bertz CT molecular complexity index is 532. The highest BCUT2D eigenvalue weighted by molar-refractivity contribution is 7.92. The highest BCUT2D eigenvalue weighted by Gasteiger charge is 2.41. The lowest BCUT2D eigenvalue weighted by atomic mass is 10.2. The van der Waals surface area contributed by atoms with Gasteiger partial charge in [0.15, 0.2) is 15.7 Å². The Hall–Kier alpha value is -0.820. The van der Waals surface area contributed by atoms with Gasteiger partial charge in [0.05, 0.1) is 5.25 Å². The minimum atomic E-state index is -3.28. The zero-order chi connectivity index (χ0) is 13.5. The molecule has 0 amide bonds. The second kappa shape index (κ2) is 4.70. The number of nitrogens with zero attached hydrogens (tertiary/aromatic N) is 2. The molecule has 0 aliphatic heterocycles. The minimum absolute atomic E-state index is 0.150. The molecule has 1 aliphatic rings. The fraction of sp³-hybridized carbons (Fsp3) is 0.727. The van der Waals surface area contributed by atoms with Gasteiger partial charge in [-0.05, 0) is 30.3 Å². The highest BCUT2D eigenvalue weighted by atomic mass is 32.2. The molecule has 1 saturated carbocycles. The van der Waals surface area contributed by atoms with Crippen LogP contribution >= 0.6 is 11.5 Å². The zero-order valence-corrected chi connectivity index (χ0v) is 12.5. The molecule has 1 aromatic heterocycles. The van der Waals surface area contributed by atoms with Gasteiger partial charge in [0.25, 0.3) is 0 Å². The molecule has 1 aliphatic carbocycles. The highest BCUT2D eigenvalue weighted by Crippen LogP contribution is 2.42. The molecule has 7 heteroatoms. The van der Waals surface area contributed by atoms with Crippen molar-refractivity contribution in [1.82, 2.24) is 4.37 Å². The van der Waals surface area contributed by atoms with Crippen molar-refractivity contribution in [1.29, 1.82) is 0 Å². The monoisotopic (exact) mass is 289 g/mol. The summed E-state index contributed by atoms with van der Waals surface area (Å²) < 4.78 is 28.7. The molecule has 1 aromatic rings. The summed E-state index contributed by atoms with van der Waals surface area (Å²) in [4.78, 5) is 2.19. The van der Waals surface area contributed by atoms with Crippen molar-refractivity contribution in [2.45, 2.75) is 36.8 Å². The van der Waals surface area contributed by atoms with Gasteiger partial charge >= 0.3 is 0 Å². The van der Waals surface area contributed by atoms with Crippen molar-refractivity contribution in [3.8, 4) is 0 Å². The van der Waals surface area contributed by atoms with E-state index in [1.54, 1.807) is 0 Å². The molecule has 18 heavy (non-hydrogen) atoms. The average molecular weight is 289 g/mol. The van der Waals surface area contributed by atoms with Gasteiger partial charge in [-0.2, -0.15) is 4.37 Å². The first kappa shape index (κ1) is 13.6. The third kappa shape index (κ3) is 2.47. The van der Waals surface area contributed by atoms with Crippen LogP contribution in [0.2, 0.25) is 0 Å². The predicted octanol–water partition coefficient (Wildman–Crippen LogP) is 1.75. The molecule has 0 unspecified atom stereocenters. The van der Waals surface area contributed by atoms with Crippen LogP contribution in [-0.2, 0) is 9.84 Å². The van der Waals surface area contributed by atoms with Gasteiger partial charge < -0.3 is 10.6 Å². The van der Waals surface area contributed by atoms with Crippen LogP contribution in [0.5, 0.6) is 0 Å². The molecule has 0 saturated heterocycles. The van der Waals surface area contributed by atoms with E-state index in [9.17, 15) is 8.42 Å². The Kier molecular flexibility index (Phi) is 3.55. The summed E-state index contributed by atoms with van der Waals surface area (Å²) in [5.41, 5.74) is 5.76. The predicted molar refractivity (Wildman–Crippen MR) is 74.8 cm³/mol. The molecule has 2 rings (SSSR count). The number of hydrogen-bond donors (Lipinski definition) is 1. The molecule has 0 bridgehead atoms. The lowest BCUT2D eigenvalue weighted by molar-refractivity contribution is 0.594. The smallest absolute Gasteiger partial charge is 0.187 e. The minimum Gasteiger partial charge on any atom is -0.382 e. The van der Waals surface area contributed by atoms with Crippen LogP contribution < -0.4 is 10.6 Å². The molecule has 2 N–H and O–H groups in total. The van der Waals surface area contributed by atoms with Crippen molar-refractivity contribution in [3.63, 3.8) is 0 Å². The van der Waals surface area contributed by atoms with E-state index in [1.807, 2.05) is 11.9 Å². The van der Waals surface area contributed by atoms with Crippen LogP contribution in [0.25, 0.3) is 0 Å². The van der Waals surface area contributed by atoms with Crippen molar-refractivity contribution >= 4 is 32.2 Å². The van der Waals surface area contributed by atoms with Crippen LogP contribution in [0.4, 0.5) is 10.8 Å². The van der Waals surface area contributed by atoms with E-state index >= 15 is 0 Å². The summed E-state index contributed by atoms with van der Waals surface area (Å²) in [7, 11) is -1.40. The fourth-order valence-electron chi connectivity index (χ4n) is 1.97. The Morgan fingerprint density at radius 2 is 2.11 bits per heavy atom. The van der Waals surface area contributed by atoms with E-state index in [0.29, 0.717) is 10.9 Å². The van der Waals surface area contributed by atoms with E-state index in [2.05, 4.69) is 18.2 Å². The molecule has 1 heterocycles. The quantitative estimate of drug-likeness (QED) is 0.893. The molecular weight excluding hydrogens is 270 g/mol. The third-order valence-electron chi connectivity index (χ3n) is 2.89. The Morgan fingerprint density at radius 1 is 1.50 bits per heavy atom. The van der Waals surface area contributed by atoms with Crippen molar-refractivity contribution in [3.05, 3.63) is 0 Å². The summed E-state index contributed by atoms with van der Waals surface area (Å²) in [6.45, 7) is 4.97. The third-order valence-corrected chi connectivity index (χ3v) is 6.32. The molecular formula is C11H19N3O2S2. The van der Waals surface area contributed by atoms with Gasteiger partial charge in [-0.1, -0.05) is 13.8 Å². The summed E-state index contributed by atoms with van der Waals surface area (Å²) in [6.07, 6.45) is 1.48. The van der Waals surface area contributed by atoms with Crippen molar-refractivity contribution < 1.29 is 8.42 Å². The van der Waals surface area contributed by atoms with Gasteiger partial charge in [-0.25, -0.2) is 8.42 Å². The van der Waals surface area contributed by atoms with Crippen LogP contribution in [0, 0.1) is 5.92 Å². The SMILES string of the molecule is CC(C)CN(C)c1snc(N)c1S(=O)(=O)C1CC1. The molecule has 0 radical (unpaired) electrons. The molecule has 5 nitrogen and oxygen atoms in total. The lowest BCUT2D eigenvalue weighted by Gasteiger charge is -2.20. The Morgan fingerprint density at radius 3 is 2.61 bits per heavy atom. The maximum atomic E-state index is 12.3. The van der Waals surface area contributed by atoms with Crippen molar-refractivity contribution in [2.75, 3.05) is 24.2 Å². The van der Waals surface area contributed by atoms with E-state index in [-0.39, 0.29) is 16.0 Å². The normalized spacial score (nSPS) is 16.2. The molecule has 0 aromatic carbocycles. The first-order chi connectivity index (χ1) is 8.34. The molecule has 0 atom stereocenters. The van der Waals surface area contributed by atoms with E-state index in [0.717, 1.165) is 19.4 Å². The van der Waals surface area contributed by atoms with Crippen molar-refractivity contribution in [2.24, 2.45) is 5.92 Å². The second-order valence-corrected chi connectivity index (χ2v) is 8.14. The topological polar surface area (TPSA) is 76.3 Å². The number of hydrogen-bond acceptors (Lipinski definition) is 6. The summed E-state index contributed by atoms with van der Waals surface area (Å²) in [6, 6.07) is 0. The van der Waals surface area contributed by atoms with Gasteiger partial charge in [-0.15, -0.1) is 0 Å². The number of sulfone groups is 1. The maximum Gasteiger partial charge on any atom is 0.187 e. The number of aromatic nitrogens is 1. The summed E-state index contributed by atoms with van der Waals surface area (Å²) >= 11 is 1.17. The number of nitrogen functional groups attached to an aromatic ring is 1. The first-order valence-electron chi connectivity index (χ1n) is 6.04. The van der Waals surface area contributed by atoms with Gasteiger partial charge in [-0.3, -0.25) is 0 Å². The van der Waals surface area contributed by atoms with Gasteiger partial charge in [0.1, 0.15) is 9.90 Å². The first-order valence-corrected chi connectivity index (χ1v) is 8.36. The molecule has 1 fully saturated rings. The lowest BCUT2D eigenvalue weighted by Crippen LogP contribution is -2.24. The number of rotatable bonds is 5. The zero-order valence-electron chi connectivity index (χ0n) is 10.9. The number of anilines is 2. The van der Waals surface area contributed by atoms with E-state index in [4.69, 9.17) is 5.73 Å². The maximum absolute atomic E-state index is 12.3. The van der Waals surface area contributed by atoms with E-state index in [1.165, 1.54) is 11.5 Å². The fourth-order valence-corrected chi connectivity index (χ4v) is 4.99. The standard InChI is InChI=1S/C11H19N3O2S2/c1-7(2)6-14(3)11-9(10(12)13-17-11)18(15,16)8-4-5-8/h7-8H,4-6H2,1-3H3,(H2,12,13). The van der Waals surface area contributed by atoms with E-state index < -0.39 is 9.84 Å². The molecule has 0 spiro atoms. The second-order valence-electron chi connectivity index (χ2n) is 5.22. The Labute approximate surface area is 112 Å². The largest absolute Gasteiger partial charge is 0.382 e. The average Bonchev–Trinajstić information content (AvgIpc) is 3.01. The van der Waals surface area contributed by atoms with Crippen LogP contribution in [0.3, 0.4) is 0 Å². The Balaban J connectivity index is 2.38. The number of nitrogens with two attached hydrogens (primary N) is 1. The summed E-state index contributed by atoms with van der Waals surface area (Å²) in [5.74, 6) is 0.604. The van der Waals surface area contributed by atoms with Crippen LogP contribution in [0.1, 0.15) is 26.7 Å². The van der Waals surface area contributed by atoms with Crippen LogP contribution in [-0.4, -0.2) is 31.6 Å². The van der Waals surface area contributed by atoms with Crippen LogP contribution in [0.15, 0.2) is 4.90 Å². The summed E-state index contributed by atoms with van der Waals surface area (Å²) in [5, 5.41) is 0.426. The van der Waals surface area contributed by atoms with Gasteiger partial charge in [0, 0.05) is 13.6 Å².